The number of alkyl halides is 6. The molecule has 8 heteroatoms. The Balaban J connectivity index is 3.40. The van der Waals surface area contributed by atoms with Crippen molar-refractivity contribution in [1.29, 1.82) is 0 Å². The van der Waals surface area contributed by atoms with E-state index in [1.54, 1.807) is 0 Å². The first-order chi connectivity index (χ1) is 9.45. The Labute approximate surface area is 117 Å². The first-order valence-corrected chi connectivity index (χ1v) is 5.95. The first-order valence-electron chi connectivity index (χ1n) is 5.95. The van der Waals surface area contributed by atoms with Crippen molar-refractivity contribution in [2.75, 3.05) is 11.4 Å². The van der Waals surface area contributed by atoms with Gasteiger partial charge in [-0.05, 0) is 32.0 Å². The van der Waals surface area contributed by atoms with Crippen molar-refractivity contribution in [3.8, 4) is 0 Å². The van der Waals surface area contributed by atoms with E-state index in [-0.39, 0.29) is 11.8 Å². The molecule has 0 aliphatic heterocycles. The summed E-state index contributed by atoms with van der Waals surface area (Å²) >= 11 is 0. The minimum Gasteiger partial charge on any atom is -0.360 e. The Morgan fingerprint density at radius 1 is 1.14 bits per heavy atom. The number of benzene rings is 1. The molecule has 0 aliphatic rings. The molecule has 0 saturated heterocycles. The van der Waals surface area contributed by atoms with Gasteiger partial charge >= 0.3 is 12.4 Å². The largest absolute Gasteiger partial charge is 0.418 e. The second kappa shape index (κ2) is 5.95. The number of hydrogen-bond donors (Lipinski definition) is 0. The quantitative estimate of drug-likeness (QED) is 0.610. The molecule has 0 amide bonds. The van der Waals surface area contributed by atoms with Crippen molar-refractivity contribution in [3.05, 3.63) is 29.3 Å². The molecule has 0 radical (unpaired) electrons. The van der Waals surface area contributed by atoms with Crippen LogP contribution in [0.4, 0.5) is 32.0 Å². The molecule has 0 atom stereocenters. The van der Waals surface area contributed by atoms with E-state index in [1.165, 1.54) is 13.8 Å². The number of carbonyl (C=O) groups is 1. The van der Waals surface area contributed by atoms with Gasteiger partial charge in [-0.25, -0.2) is 0 Å². The zero-order valence-corrected chi connectivity index (χ0v) is 11.2. The van der Waals surface area contributed by atoms with Gasteiger partial charge in [-0.15, -0.1) is 0 Å². The highest BCUT2D eigenvalue weighted by Crippen LogP contribution is 2.38. The van der Waals surface area contributed by atoms with E-state index >= 15 is 0 Å². The maximum absolute atomic E-state index is 13.0. The zero-order chi connectivity index (χ0) is 16.4. The molecule has 0 aliphatic carbocycles. The SMILES string of the molecule is CC(C)N(CC(F)(F)F)c1ccc(C=O)cc1C(F)(F)F. The van der Waals surface area contributed by atoms with Gasteiger partial charge in [0.1, 0.15) is 12.8 Å². The minimum absolute atomic E-state index is 0.211. The second-order valence-corrected chi connectivity index (χ2v) is 4.73. The highest BCUT2D eigenvalue weighted by atomic mass is 19.4. The second-order valence-electron chi connectivity index (χ2n) is 4.73. The molecule has 0 saturated carbocycles. The van der Waals surface area contributed by atoms with Crippen molar-refractivity contribution in [3.63, 3.8) is 0 Å². The predicted molar refractivity (Wildman–Crippen MR) is 65.4 cm³/mol. The molecule has 1 rings (SSSR count). The van der Waals surface area contributed by atoms with Crippen LogP contribution in [0.1, 0.15) is 29.8 Å². The van der Waals surface area contributed by atoms with Gasteiger partial charge in [-0.2, -0.15) is 26.3 Å². The van der Waals surface area contributed by atoms with Crippen molar-refractivity contribution in [2.45, 2.75) is 32.2 Å². The van der Waals surface area contributed by atoms with E-state index in [9.17, 15) is 31.1 Å². The fourth-order valence-corrected chi connectivity index (χ4v) is 1.84. The van der Waals surface area contributed by atoms with Crippen LogP contribution in [-0.4, -0.2) is 25.0 Å². The fraction of sp³-hybridized carbons (Fsp3) is 0.462. The lowest BCUT2D eigenvalue weighted by molar-refractivity contribution is -0.138. The summed E-state index contributed by atoms with van der Waals surface area (Å²) in [5.74, 6) is 0. The van der Waals surface area contributed by atoms with Crippen LogP contribution in [0.15, 0.2) is 18.2 Å². The average Bonchev–Trinajstić information content (AvgIpc) is 2.33. The first kappa shape index (κ1) is 17.3. The summed E-state index contributed by atoms with van der Waals surface area (Å²) in [6.07, 6.45) is -9.29. The van der Waals surface area contributed by atoms with E-state index in [1.807, 2.05) is 0 Å². The molecule has 0 fully saturated rings. The van der Waals surface area contributed by atoms with Gasteiger partial charge in [0.25, 0.3) is 0 Å². The molecule has 0 aromatic heterocycles. The zero-order valence-electron chi connectivity index (χ0n) is 11.2. The maximum Gasteiger partial charge on any atom is 0.418 e. The Bertz CT molecular complexity index is 506. The summed E-state index contributed by atoms with van der Waals surface area (Å²) < 4.78 is 76.6. The van der Waals surface area contributed by atoms with Gasteiger partial charge in [-0.3, -0.25) is 4.79 Å². The van der Waals surface area contributed by atoms with Crippen molar-refractivity contribution in [1.82, 2.24) is 0 Å². The number of nitrogens with zero attached hydrogens (tertiary/aromatic N) is 1. The molecule has 0 heterocycles. The molecule has 2 nitrogen and oxygen atoms in total. The number of hydrogen-bond acceptors (Lipinski definition) is 2. The Hall–Kier alpha value is -1.73. The van der Waals surface area contributed by atoms with Gasteiger partial charge in [0, 0.05) is 17.3 Å². The Kier molecular flexibility index (Phi) is 4.91. The fourth-order valence-electron chi connectivity index (χ4n) is 1.84. The molecule has 0 spiro atoms. The summed E-state index contributed by atoms with van der Waals surface area (Å²) in [5, 5.41) is 0. The average molecular weight is 313 g/mol. The lowest BCUT2D eigenvalue weighted by atomic mass is 10.1. The highest BCUT2D eigenvalue weighted by molar-refractivity contribution is 5.77. The van der Waals surface area contributed by atoms with Crippen LogP contribution in [0, 0.1) is 0 Å². The molecule has 21 heavy (non-hydrogen) atoms. The topological polar surface area (TPSA) is 20.3 Å². The summed E-state index contributed by atoms with van der Waals surface area (Å²) in [4.78, 5) is 11.2. The standard InChI is InChI=1S/C13H13F6NO/c1-8(2)20(7-12(14,15)16)11-4-3-9(6-21)5-10(11)13(17,18)19/h3-6,8H,7H2,1-2H3. The maximum atomic E-state index is 13.0. The van der Waals surface area contributed by atoms with Crippen LogP contribution in [0.25, 0.3) is 0 Å². The van der Waals surface area contributed by atoms with Crippen LogP contribution in [0.2, 0.25) is 0 Å². The smallest absolute Gasteiger partial charge is 0.360 e. The van der Waals surface area contributed by atoms with E-state index in [0.29, 0.717) is 11.0 Å². The molecule has 1 aromatic rings. The van der Waals surface area contributed by atoms with Crippen LogP contribution in [0.3, 0.4) is 0 Å². The van der Waals surface area contributed by atoms with Gasteiger partial charge in [0.05, 0.1) is 5.56 Å². The van der Waals surface area contributed by atoms with E-state index in [0.717, 1.165) is 12.1 Å². The predicted octanol–water partition coefficient (Wildman–Crippen LogP) is 4.30. The Morgan fingerprint density at radius 2 is 1.71 bits per heavy atom. The van der Waals surface area contributed by atoms with Crippen LogP contribution in [0.5, 0.6) is 0 Å². The van der Waals surface area contributed by atoms with E-state index in [2.05, 4.69) is 0 Å². The number of anilines is 1. The lowest BCUT2D eigenvalue weighted by Gasteiger charge is -2.32. The molecular weight excluding hydrogens is 300 g/mol. The van der Waals surface area contributed by atoms with Crippen LogP contribution >= 0.6 is 0 Å². The summed E-state index contributed by atoms with van der Waals surface area (Å²) in [6.45, 7) is 1.22. The molecular formula is C13H13F6NO. The number of rotatable bonds is 4. The Morgan fingerprint density at radius 3 is 2.10 bits per heavy atom. The van der Waals surface area contributed by atoms with Crippen molar-refractivity contribution in [2.24, 2.45) is 0 Å². The van der Waals surface area contributed by atoms with Crippen molar-refractivity contribution >= 4 is 12.0 Å². The van der Waals surface area contributed by atoms with E-state index < -0.39 is 36.2 Å². The molecule has 0 unspecified atom stereocenters. The number of carbonyl (C=O) groups excluding carboxylic acids is 1. The van der Waals surface area contributed by atoms with E-state index in [4.69, 9.17) is 0 Å². The highest BCUT2D eigenvalue weighted by Gasteiger charge is 2.38. The monoisotopic (exact) mass is 313 g/mol. The summed E-state index contributed by atoms with van der Waals surface area (Å²) in [7, 11) is 0. The normalized spacial score (nSPS) is 12.6. The number of aldehydes is 1. The van der Waals surface area contributed by atoms with Gasteiger partial charge in [0.2, 0.25) is 0 Å². The third-order valence-electron chi connectivity index (χ3n) is 2.74. The summed E-state index contributed by atoms with van der Waals surface area (Å²) in [5.41, 5.74) is -2.10. The molecule has 118 valence electrons. The van der Waals surface area contributed by atoms with Crippen molar-refractivity contribution < 1.29 is 31.1 Å². The van der Waals surface area contributed by atoms with Crippen LogP contribution < -0.4 is 4.90 Å². The van der Waals surface area contributed by atoms with Gasteiger partial charge in [0.15, 0.2) is 0 Å². The van der Waals surface area contributed by atoms with Gasteiger partial charge in [-0.1, -0.05) is 0 Å². The van der Waals surface area contributed by atoms with Gasteiger partial charge < -0.3 is 4.90 Å². The number of halogens is 6. The summed E-state index contributed by atoms with van der Waals surface area (Å²) in [6, 6.07) is 1.70. The third-order valence-corrected chi connectivity index (χ3v) is 2.74. The molecule has 1 aromatic carbocycles. The minimum atomic E-state index is -4.85. The van der Waals surface area contributed by atoms with Crippen LogP contribution in [-0.2, 0) is 6.18 Å². The molecule has 0 bridgehead atoms. The third kappa shape index (κ3) is 4.64. The molecule has 0 N–H and O–H groups in total. The lowest BCUT2D eigenvalue weighted by Crippen LogP contribution is -2.40.